The Morgan fingerprint density at radius 3 is 2.07 bits per heavy atom. The van der Waals surface area contributed by atoms with Gasteiger partial charge in [0.15, 0.2) is 8.32 Å². The number of rotatable bonds is 4. The van der Waals surface area contributed by atoms with Gasteiger partial charge in [-0.2, -0.15) is 11.8 Å². The van der Waals surface area contributed by atoms with Crippen LogP contribution in [0.25, 0.3) is 0 Å². The second kappa shape index (κ2) is 3.83. The summed E-state index contributed by atoms with van der Waals surface area (Å²) in [6, 6.07) is 0. The highest BCUT2D eigenvalue weighted by atomic mass is 32.2. The third kappa shape index (κ3) is 2.77. The van der Waals surface area contributed by atoms with Crippen LogP contribution in [-0.4, -0.2) is 25.9 Å². The maximum atomic E-state index is 6.23. The van der Waals surface area contributed by atoms with Crippen LogP contribution >= 0.6 is 11.8 Å². The minimum absolute atomic E-state index is 0.349. The second-order valence-electron chi connectivity index (χ2n) is 5.94. The summed E-state index contributed by atoms with van der Waals surface area (Å²) in [7, 11) is -1.50. The monoisotopic (exact) mass is 232 g/mol. The van der Waals surface area contributed by atoms with Gasteiger partial charge in [-0.05, 0) is 37.2 Å². The van der Waals surface area contributed by atoms with E-state index in [-0.39, 0.29) is 0 Å². The molecule has 0 aromatic rings. The molecule has 84 valence electrons. The molecule has 0 N–H and O–H groups in total. The number of thioether (sulfide) groups is 1. The van der Waals surface area contributed by atoms with Gasteiger partial charge in [0.05, 0.1) is 0 Å². The molecule has 0 amide bonds. The minimum Gasteiger partial charge on any atom is -0.415 e. The van der Waals surface area contributed by atoms with Crippen LogP contribution in [0.2, 0.25) is 18.1 Å². The van der Waals surface area contributed by atoms with Gasteiger partial charge in [0.1, 0.15) is 0 Å². The standard InChI is InChI=1S/C11H24OSSi/c1-10(2,3)14(5,6)12-9-11(13-4)7-8-11/h7-9H2,1-6H3. The molecule has 0 bridgehead atoms. The Bertz CT molecular complexity index is 204. The molecule has 14 heavy (non-hydrogen) atoms. The van der Waals surface area contributed by atoms with Gasteiger partial charge in [0.2, 0.25) is 0 Å². The lowest BCUT2D eigenvalue weighted by atomic mass is 10.2. The maximum absolute atomic E-state index is 6.23. The first kappa shape index (κ1) is 12.6. The Morgan fingerprint density at radius 2 is 1.79 bits per heavy atom. The molecule has 1 aliphatic carbocycles. The first-order valence-corrected chi connectivity index (χ1v) is 9.55. The third-order valence-electron chi connectivity index (χ3n) is 3.74. The molecule has 3 heteroatoms. The Balaban J connectivity index is 2.44. The first-order chi connectivity index (χ1) is 6.22. The summed E-state index contributed by atoms with van der Waals surface area (Å²) in [5, 5.41) is 0.349. The topological polar surface area (TPSA) is 9.23 Å². The molecule has 1 fully saturated rings. The van der Waals surface area contributed by atoms with Gasteiger partial charge < -0.3 is 4.43 Å². The van der Waals surface area contributed by atoms with Crippen molar-refractivity contribution in [3.8, 4) is 0 Å². The molecular weight excluding hydrogens is 208 g/mol. The highest BCUT2D eigenvalue weighted by Crippen LogP contribution is 2.48. The summed E-state index contributed by atoms with van der Waals surface area (Å²) in [6.07, 6.45) is 4.91. The average molecular weight is 232 g/mol. The Labute approximate surface area is 94.1 Å². The zero-order chi connectivity index (χ0) is 11.0. The van der Waals surface area contributed by atoms with Gasteiger partial charge >= 0.3 is 0 Å². The van der Waals surface area contributed by atoms with Crippen molar-refractivity contribution in [3.05, 3.63) is 0 Å². The molecule has 0 atom stereocenters. The zero-order valence-corrected chi connectivity index (χ0v) is 12.3. The molecule has 1 nitrogen and oxygen atoms in total. The Kier molecular flexibility index (Phi) is 3.45. The van der Waals surface area contributed by atoms with Crippen molar-refractivity contribution in [2.45, 2.75) is 56.5 Å². The summed E-state index contributed by atoms with van der Waals surface area (Å²) < 4.78 is 6.73. The molecule has 1 rings (SSSR count). The highest BCUT2D eigenvalue weighted by molar-refractivity contribution is 8.00. The van der Waals surface area contributed by atoms with Crippen LogP contribution in [0.4, 0.5) is 0 Å². The largest absolute Gasteiger partial charge is 0.415 e. The van der Waals surface area contributed by atoms with Gasteiger partial charge in [0, 0.05) is 11.4 Å². The van der Waals surface area contributed by atoms with E-state index in [1.54, 1.807) is 0 Å². The Morgan fingerprint density at radius 1 is 1.29 bits per heavy atom. The quantitative estimate of drug-likeness (QED) is 0.680. The zero-order valence-electron chi connectivity index (χ0n) is 10.4. The van der Waals surface area contributed by atoms with E-state index < -0.39 is 8.32 Å². The number of hydrogen-bond acceptors (Lipinski definition) is 2. The third-order valence-corrected chi connectivity index (χ3v) is 9.61. The van der Waals surface area contributed by atoms with Crippen LogP contribution in [0.1, 0.15) is 33.6 Å². The predicted octanol–water partition coefficient (Wildman–Crippen LogP) is 3.90. The lowest BCUT2D eigenvalue weighted by Crippen LogP contribution is -2.42. The van der Waals surface area contributed by atoms with Crippen LogP contribution in [0.3, 0.4) is 0 Å². The minimum atomic E-state index is -1.50. The van der Waals surface area contributed by atoms with Crippen molar-refractivity contribution in [1.82, 2.24) is 0 Å². The van der Waals surface area contributed by atoms with Crippen molar-refractivity contribution in [2.75, 3.05) is 12.9 Å². The van der Waals surface area contributed by atoms with Crippen molar-refractivity contribution in [1.29, 1.82) is 0 Å². The smallest absolute Gasteiger partial charge is 0.192 e. The molecule has 0 unspecified atom stereocenters. The molecule has 0 heterocycles. The molecule has 0 saturated heterocycles. The van der Waals surface area contributed by atoms with Gasteiger partial charge in [-0.15, -0.1) is 0 Å². The van der Waals surface area contributed by atoms with Gasteiger partial charge in [-0.3, -0.25) is 0 Å². The van der Waals surface area contributed by atoms with E-state index in [4.69, 9.17) is 4.43 Å². The molecule has 0 spiro atoms. The lowest BCUT2D eigenvalue weighted by Gasteiger charge is -2.37. The van der Waals surface area contributed by atoms with E-state index in [9.17, 15) is 0 Å². The van der Waals surface area contributed by atoms with Gasteiger partial charge in [0.25, 0.3) is 0 Å². The summed E-state index contributed by atoms with van der Waals surface area (Å²) in [5.41, 5.74) is 0. The predicted molar refractivity (Wildman–Crippen MR) is 68.6 cm³/mol. The van der Waals surface area contributed by atoms with Crippen molar-refractivity contribution in [3.63, 3.8) is 0 Å². The van der Waals surface area contributed by atoms with E-state index in [0.29, 0.717) is 9.79 Å². The second-order valence-corrected chi connectivity index (χ2v) is 12.0. The molecule has 1 saturated carbocycles. The fourth-order valence-corrected chi connectivity index (χ4v) is 2.94. The van der Waals surface area contributed by atoms with E-state index in [1.165, 1.54) is 12.8 Å². The lowest BCUT2D eigenvalue weighted by molar-refractivity contribution is 0.283. The first-order valence-electron chi connectivity index (χ1n) is 5.42. The maximum Gasteiger partial charge on any atom is 0.192 e. The fraction of sp³-hybridized carbons (Fsp3) is 1.00. The molecule has 0 aromatic carbocycles. The summed E-state index contributed by atoms with van der Waals surface area (Å²) in [4.78, 5) is 0. The number of hydrogen-bond donors (Lipinski definition) is 0. The Hall–Kier alpha value is 0.527. The van der Waals surface area contributed by atoms with E-state index >= 15 is 0 Å². The van der Waals surface area contributed by atoms with Crippen LogP contribution < -0.4 is 0 Å². The molecule has 0 aromatic heterocycles. The summed E-state index contributed by atoms with van der Waals surface area (Å²) in [5.74, 6) is 0. The van der Waals surface area contributed by atoms with Crippen molar-refractivity contribution >= 4 is 20.1 Å². The summed E-state index contributed by atoms with van der Waals surface area (Å²) in [6.45, 7) is 12.6. The van der Waals surface area contributed by atoms with Crippen LogP contribution in [0.15, 0.2) is 0 Å². The van der Waals surface area contributed by atoms with Crippen LogP contribution in [0, 0.1) is 0 Å². The fourth-order valence-electron chi connectivity index (χ4n) is 1.08. The SMILES string of the molecule is CSC1(CO[Si](C)(C)C(C)(C)C)CC1. The average Bonchev–Trinajstić information content (AvgIpc) is 2.80. The van der Waals surface area contributed by atoms with E-state index in [1.807, 2.05) is 11.8 Å². The van der Waals surface area contributed by atoms with Crippen molar-refractivity contribution in [2.24, 2.45) is 0 Å². The van der Waals surface area contributed by atoms with E-state index in [2.05, 4.69) is 40.1 Å². The van der Waals surface area contributed by atoms with Gasteiger partial charge in [-0.1, -0.05) is 20.8 Å². The van der Waals surface area contributed by atoms with E-state index in [0.717, 1.165) is 6.61 Å². The van der Waals surface area contributed by atoms with Gasteiger partial charge in [-0.25, -0.2) is 0 Å². The normalized spacial score (nSPS) is 21.0. The molecular formula is C11H24OSSi. The summed E-state index contributed by atoms with van der Waals surface area (Å²) >= 11 is 1.99. The van der Waals surface area contributed by atoms with Crippen molar-refractivity contribution < 1.29 is 4.43 Å². The van der Waals surface area contributed by atoms with Crippen LogP contribution in [-0.2, 0) is 4.43 Å². The molecule has 1 aliphatic rings. The highest BCUT2D eigenvalue weighted by Gasteiger charge is 2.45. The molecule has 0 aliphatic heterocycles. The van der Waals surface area contributed by atoms with Crippen LogP contribution in [0.5, 0.6) is 0 Å². The molecule has 0 radical (unpaired) electrons.